The lowest BCUT2D eigenvalue weighted by molar-refractivity contribution is 0.0949. The van der Waals surface area contributed by atoms with Gasteiger partial charge in [0.1, 0.15) is 5.69 Å². The van der Waals surface area contributed by atoms with Crippen molar-refractivity contribution in [3.8, 4) is 11.3 Å². The Bertz CT molecular complexity index is 1470. The maximum atomic E-state index is 13.0. The van der Waals surface area contributed by atoms with E-state index in [0.29, 0.717) is 18.7 Å². The van der Waals surface area contributed by atoms with Gasteiger partial charge in [-0.25, -0.2) is 4.68 Å². The molecule has 0 fully saturated rings. The summed E-state index contributed by atoms with van der Waals surface area (Å²) in [6, 6.07) is 23.1. The van der Waals surface area contributed by atoms with Crippen molar-refractivity contribution in [2.24, 2.45) is 0 Å². The minimum Gasteiger partial charge on any atom is -0.389 e. The molecule has 0 bridgehead atoms. The first-order chi connectivity index (χ1) is 17.1. The van der Waals surface area contributed by atoms with E-state index in [4.69, 9.17) is 0 Å². The average molecular weight is 464 g/mol. The molecular weight excluding hydrogens is 438 g/mol. The van der Waals surface area contributed by atoms with E-state index in [1.165, 1.54) is 0 Å². The van der Waals surface area contributed by atoms with Crippen molar-refractivity contribution >= 4 is 16.7 Å². The van der Waals surface area contributed by atoms with E-state index in [1.807, 2.05) is 79.1 Å². The minimum absolute atomic E-state index is 0.149. The second-order valence-corrected chi connectivity index (χ2v) is 8.50. The normalized spacial score (nSPS) is 11.9. The highest BCUT2D eigenvalue weighted by Crippen LogP contribution is 2.22. The fourth-order valence-electron chi connectivity index (χ4n) is 4.00. The lowest BCUT2D eigenvalue weighted by Crippen LogP contribution is -2.24. The van der Waals surface area contributed by atoms with Crippen molar-refractivity contribution in [1.82, 2.24) is 25.3 Å². The Morgan fingerprint density at radius 3 is 2.69 bits per heavy atom. The summed E-state index contributed by atoms with van der Waals surface area (Å²) in [7, 11) is 0. The lowest BCUT2D eigenvalue weighted by atomic mass is 10.1. The molecule has 2 N–H and O–H groups in total. The van der Waals surface area contributed by atoms with E-state index >= 15 is 0 Å². The number of hydrogen-bond acceptors (Lipinski definition) is 5. The average Bonchev–Trinajstić information content (AvgIpc) is 3.36. The van der Waals surface area contributed by atoms with E-state index in [0.717, 1.165) is 38.7 Å². The van der Waals surface area contributed by atoms with Gasteiger partial charge in [0, 0.05) is 35.5 Å². The molecule has 0 saturated carbocycles. The number of aliphatic hydroxyl groups is 1. The van der Waals surface area contributed by atoms with Crippen LogP contribution in [-0.2, 0) is 13.1 Å². The fourth-order valence-corrected chi connectivity index (χ4v) is 4.00. The monoisotopic (exact) mass is 463 g/mol. The molecule has 0 aliphatic carbocycles. The van der Waals surface area contributed by atoms with Crippen LogP contribution in [0.5, 0.6) is 0 Å². The largest absolute Gasteiger partial charge is 0.389 e. The molecule has 2 heterocycles. The molecule has 5 aromatic rings. The van der Waals surface area contributed by atoms with Crippen molar-refractivity contribution in [3.05, 3.63) is 114 Å². The molecule has 1 atom stereocenters. The zero-order chi connectivity index (χ0) is 24.2. The smallest absolute Gasteiger partial charge is 0.251 e. The number of nitrogens with zero attached hydrogens (tertiary/aromatic N) is 4. The maximum Gasteiger partial charge on any atom is 0.251 e. The van der Waals surface area contributed by atoms with E-state index < -0.39 is 6.10 Å². The summed E-state index contributed by atoms with van der Waals surface area (Å²) in [5, 5.41) is 23.4. The van der Waals surface area contributed by atoms with Gasteiger partial charge in [0.15, 0.2) is 0 Å². The van der Waals surface area contributed by atoms with E-state index in [-0.39, 0.29) is 5.91 Å². The van der Waals surface area contributed by atoms with Crippen LogP contribution in [-0.4, -0.2) is 31.0 Å². The summed E-state index contributed by atoms with van der Waals surface area (Å²) in [6.07, 6.45) is 4.99. The molecule has 1 amide bonds. The van der Waals surface area contributed by atoms with Crippen LogP contribution in [0.25, 0.3) is 22.0 Å². The van der Waals surface area contributed by atoms with Crippen LogP contribution in [0, 0.1) is 0 Å². The topological polar surface area (TPSA) is 92.9 Å². The molecule has 7 nitrogen and oxygen atoms in total. The van der Waals surface area contributed by atoms with Gasteiger partial charge in [-0.1, -0.05) is 59.8 Å². The summed E-state index contributed by atoms with van der Waals surface area (Å²) >= 11 is 0. The number of hydrogen-bond donors (Lipinski definition) is 2. The van der Waals surface area contributed by atoms with Gasteiger partial charge >= 0.3 is 0 Å². The van der Waals surface area contributed by atoms with Gasteiger partial charge in [-0.2, -0.15) is 0 Å². The number of amides is 1. The standard InChI is InChI=1S/C28H25N5O2/c1-19(34)21-8-6-20(7-9-21)15-30-28(35)26-5-3-2-4-25(26)17-33-18-27(31-32-33)23-10-11-24-16-29-13-12-22(24)14-23/h2-14,16,18-19,34H,15,17H2,1H3,(H,30,35). The molecular formula is C28H25N5O2. The molecule has 174 valence electrons. The van der Waals surface area contributed by atoms with Crippen molar-refractivity contribution in [2.75, 3.05) is 0 Å². The van der Waals surface area contributed by atoms with Gasteiger partial charge < -0.3 is 10.4 Å². The summed E-state index contributed by atoms with van der Waals surface area (Å²) in [6.45, 7) is 2.56. The van der Waals surface area contributed by atoms with Crippen LogP contribution in [0.4, 0.5) is 0 Å². The van der Waals surface area contributed by atoms with Crippen molar-refractivity contribution in [3.63, 3.8) is 0 Å². The van der Waals surface area contributed by atoms with Gasteiger partial charge in [0.05, 0.1) is 18.8 Å². The molecule has 2 aromatic heterocycles. The molecule has 0 radical (unpaired) electrons. The summed E-state index contributed by atoms with van der Waals surface area (Å²) in [4.78, 5) is 17.1. The number of carbonyl (C=O) groups excluding carboxylic acids is 1. The number of nitrogens with one attached hydrogen (secondary N) is 1. The van der Waals surface area contributed by atoms with Crippen molar-refractivity contribution in [2.45, 2.75) is 26.1 Å². The highest BCUT2D eigenvalue weighted by atomic mass is 16.3. The number of aliphatic hydroxyl groups excluding tert-OH is 1. The lowest BCUT2D eigenvalue weighted by Gasteiger charge is -2.11. The van der Waals surface area contributed by atoms with Crippen molar-refractivity contribution < 1.29 is 9.90 Å². The highest BCUT2D eigenvalue weighted by Gasteiger charge is 2.13. The molecule has 35 heavy (non-hydrogen) atoms. The predicted molar refractivity (Wildman–Crippen MR) is 135 cm³/mol. The molecule has 0 saturated heterocycles. The summed E-state index contributed by atoms with van der Waals surface area (Å²) in [5.74, 6) is -0.149. The number of rotatable bonds is 7. The Morgan fingerprint density at radius 2 is 1.86 bits per heavy atom. The summed E-state index contributed by atoms with van der Waals surface area (Å²) in [5.41, 5.74) is 5.01. The SMILES string of the molecule is CC(O)c1ccc(CNC(=O)c2ccccc2Cn2cc(-c3ccc4cnccc4c3)nn2)cc1. The second kappa shape index (κ2) is 9.87. The van der Waals surface area contributed by atoms with Crippen molar-refractivity contribution in [1.29, 1.82) is 0 Å². The van der Waals surface area contributed by atoms with Gasteiger partial charge in [-0.15, -0.1) is 5.10 Å². The maximum absolute atomic E-state index is 13.0. The number of carbonyl (C=O) groups is 1. The highest BCUT2D eigenvalue weighted by molar-refractivity contribution is 5.95. The van der Waals surface area contributed by atoms with Gasteiger partial charge in [0.2, 0.25) is 0 Å². The van der Waals surface area contributed by atoms with E-state index in [2.05, 4.69) is 26.7 Å². The Morgan fingerprint density at radius 1 is 1.03 bits per heavy atom. The number of aromatic nitrogens is 4. The van der Waals surface area contributed by atoms with Crippen LogP contribution in [0.1, 0.15) is 40.1 Å². The zero-order valence-electron chi connectivity index (χ0n) is 19.3. The fraction of sp³-hybridized carbons (Fsp3) is 0.143. The van der Waals surface area contributed by atoms with E-state index in [1.54, 1.807) is 17.8 Å². The second-order valence-electron chi connectivity index (χ2n) is 8.50. The van der Waals surface area contributed by atoms with Crippen LogP contribution in [0.3, 0.4) is 0 Å². The number of benzene rings is 3. The molecule has 0 spiro atoms. The Kier molecular flexibility index (Phi) is 6.32. The zero-order valence-corrected chi connectivity index (χ0v) is 19.3. The van der Waals surface area contributed by atoms with Gasteiger partial charge in [-0.05, 0) is 47.2 Å². The third-order valence-electron chi connectivity index (χ3n) is 5.98. The van der Waals surface area contributed by atoms with Crippen LogP contribution < -0.4 is 5.32 Å². The Labute approximate surface area is 203 Å². The third kappa shape index (κ3) is 5.10. The Balaban J connectivity index is 1.29. The molecule has 0 aliphatic rings. The first-order valence-corrected chi connectivity index (χ1v) is 11.4. The quantitative estimate of drug-likeness (QED) is 0.370. The predicted octanol–water partition coefficient (Wildman–Crippen LogP) is 4.52. The van der Waals surface area contributed by atoms with Crippen LogP contribution in [0.2, 0.25) is 0 Å². The van der Waals surface area contributed by atoms with Gasteiger partial charge in [-0.3, -0.25) is 9.78 Å². The number of pyridine rings is 1. The third-order valence-corrected chi connectivity index (χ3v) is 5.98. The van der Waals surface area contributed by atoms with Crippen LogP contribution in [0.15, 0.2) is 91.4 Å². The molecule has 1 unspecified atom stereocenters. The summed E-state index contributed by atoms with van der Waals surface area (Å²) < 4.78 is 1.74. The molecule has 0 aliphatic heterocycles. The first kappa shape index (κ1) is 22.4. The Hall–Kier alpha value is -4.36. The number of fused-ring (bicyclic) bond motifs is 1. The molecule has 7 heteroatoms. The molecule has 5 rings (SSSR count). The van der Waals surface area contributed by atoms with Gasteiger partial charge in [0.25, 0.3) is 5.91 Å². The molecule has 3 aromatic carbocycles. The van der Waals surface area contributed by atoms with E-state index in [9.17, 15) is 9.90 Å². The minimum atomic E-state index is -0.513. The van der Waals surface area contributed by atoms with Crippen LogP contribution >= 0.6 is 0 Å². The first-order valence-electron chi connectivity index (χ1n) is 11.4.